The second-order valence-corrected chi connectivity index (χ2v) is 8.05. The number of ether oxygens (including phenoxy) is 2. The fraction of sp³-hybridized carbons (Fsp3) is 0.360. The Balaban J connectivity index is 1.92. The Bertz CT molecular complexity index is 1100. The smallest absolute Gasteiger partial charge is 0.257 e. The van der Waals surface area contributed by atoms with Crippen molar-refractivity contribution in [1.29, 1.82) is 0 Å². The lowest BCUT2D eigenvalue weighted by molar-refractivity contribution is -0.123. The Labute approximate surface area is 198 Å². The molecule has 0 aliphatic carbocycles. The summed E-state index contributed by atoms with van der Waals surface area (Å²) in [6.07, 6.45) is 0.484. The van der Waals surface area contributed by atoms with Gasteiger partial charge in [0, 0.05) is 24.2 Å². The van der Waals surface area contributed by atoms with Gasteiger partial charge in [-0.25, -0.2) is 4.90 Å². The predicted molar refractivity (Wildman–Crippen MR) is 127 cm³/mol. The summed E-state index contributed by atoms with van der Waals surface area (Å²) in [5, 5.41) is 2.65. The number of methoxy groups -OCH3 is 2. The van der Waals surface area contributed by atoms with Crippen LogP contribution >= 0.6 is 0 Å². The van der Waals surface area contributed by atoms with Crippen LogP contribution in [0.15, 0.2) is 42.5 Å². The summed E-state index contributed by atoms with van der Waals surface area (Å²) >= 11 is 0. The van der Waals surface area contributed by atoms with Crippen molar-refractivity contribution < 1.29 is 28.7 Å². The third-order valence-corrected chi connectivity index (χ3v) is 5.84. The van der Waals surface area contributed by atoms with Gasteiger partial charge in [0.25, 0.3) is 11.8 Å². The largest absolute Gasteiger partial charge is 0.493 e. The van der Waals surface area contributed by atoms with Gasteiger partial charge in [-0.2, -0.15) is 0 Å². The summed E-state index contributed by atoms with van der Waals surface area (Å²) in [6, 6.07) is 10.0. The molecule has 0 aromatic heterocycles. The maximum Gasteiger partial charge on any atom is 0.257 e. The van der Waals surface area contributed by atoms with Gasteiger partial charge in [-0.05, 0) is 55.8 Å². The molecule has 9 heteroatoms. The Kier molecular flexibility index (Phi) is 7.55. The highest BCUT2D eigenvalue weighted by Gasteiger charge is 2.45. The molecule has 4 amide bonds. The topological polar surface area (TPSA) is 105 Å². The zero-order valence-corrected chi connectivity index (χ0v) is 20.0. The van der Waals surface area contributed by atoms with Crippen molar-refractivity contribution in [3.8, 4) is 11.5 Å². The predicted octanol–water partition coefficient (Wildman–Crippen LogP) is 3.24. The van der Waals surface area contributed by atoms with E-state index in [1.54, 1.807) is 42.5 Å². The maximum absolute atomic E-state index is 13.6. The molecule has 1 aliphatic heterocycles. The van der Waals surface area contributed by atoms with E-state index in [1.165, 1.54) is 26.0 Å². The Morgan fingerprint density at radius 1 is 1.09 bits per heavy atom. The van der Waals surface area contributed by atoms with Crippen LogP contribution in [0.2, 0.25) is 0 Å². The van der Waals surface area contributed by atoms with E-state index < -0.39 is 17.9 Å². The first-order valence-electron chi connectivity index (χ1n) is 11.0. The normalized spacial score (nSPS) is 16.3. The third kappa shape index (κ3) is 4.88. The van der Waals surface area contributed by atoms with E-state index in [2.05, 4.69) is 5.32 Å². The van der Waals surface area contributed by atoms with Crippen LogP contribution in [-0.4, -0.2) is 54.8 Å². The van der Waals surface area contributed by atoms with Gasteiger partial charge in [0.15, 0.2) is 11.5 Å². The number of imide groups is 1. The highest BCUT2D eigenvalue weighted by atomic mass is 16.5. The van der Waals surface area contributed by atoms with Gasteiger partial charge in [-0.1, -0.05) is 6.92 Å². The Morgan fingerprint density at radius 2 is 1.74 bits per heavy atom. The summed E-state index contributed by atoms with van der Waals surface area (Å²) in [5.41, 5.74) is 1.27. The first-order chi connectivity index (χ1) is 16.2. The second kappa shape index (κ2) is 10.4. The van der Waals surface area contributed by atoms with Crippen molar-refractivity contribution >= 4 is 35.0 Å². The molecule has 34 heavy (non-hydrogen) atoms. The number of nitrogens with one attached hydrogen (secondary N) is 1. The molecule has 1 fully saturated rings. The number of anilines is 2. The molecule has 2 aromatic carbocycles. The molecule has 2 aromatic rings. The molecule has 9 nitrogen and oxygen atoms in total. The van der Waals surface area contributed by atoms with Crippen molar-refractivity contribution in [2.45, 2.75) is 45.7 Å². The molecular formula is C25H29N3O6. The fourth-order valence-corrected chi connectivity index (χ4v) is 3.97. The molecule has 1 N–H and O–H groups in total. The lowest BCUT2D eigenvalue weighted by atomic mass is 10.1. The van der Waals surface area contributed by atoms with E-state index in [0.717, 1.165) is 4.90 Å². The summed E-state index contributed by atoms with van der Waals surface area (Å²) < 4.78 is 10.6. The van der Waals surface area contributed by atoms with Gasteiger partial charge in [-0.3, -0.25) is 19.2 Å². The number of benzene rings is 2. The number of carbonyl (C=O) groups is 4. The number of hydrogen-bond donors (Lipinski definition) is 1. The van der Waals surface area contributed by atoms with E-state index in [1.807, 2.05) is 13.8 Å². The average molecular weight is 468 g/mol. The molecule has 1 saturated heterocycles. The van der Waals surface area contributed by atoms with Gasteiger partial charge in [0.2, 0.25) is 11.8 Å². The van der Waals surface area contributed by atoms with Crippen molar-refractivity contribution in [3.05, 3.63) is 48.0 Å². The number of hydrogen-bond acceptors (Lipinski definition) is 6. The fourth-order valence-electron chi connectivity index (χ4n) is 3.97. The summed E-state index contributed by atoms with van der Waals surface area (Å²) in [4.78, 5) is 53.6. The quantitative estimate of drug-likeness (QED) is 0.598. The third-order valence-electron chi connectivity index (χ3n) is 5.84. The van der Waals surface area contributed by atoms with Gasteiger partial charge in [0.05, 0.1) is 26.3 Å². The first-order valence-corrected chi connectivity index (χ1v) is 11.0. The first kappa shape index (κ1) is 24.8. The van der Waals surface area contributed by atoms with Crippen LogP contribution in [0.25, 0.3) is 0 Å². The zero-order chi connectivity index (χ0) is 25.0. The Hall–Kier alpha value is -3.88. The average Bonchev–Trinajstić information content (AvgIpc) is 3.11. The molecule has 3 rings (SSSR count). The van der Waals surface area contributed by atoms with Gasteiger partial charge >= 0.3 is 0 Å². The number of nitrogens with zero attached hydrogens (tertiary/aromatic N) is 2. The van der Waals surface area contributed by atoms with Crippen molar-refractivity contribution in [3.63, 3.8) is 0 Å². The molecule has 0 bridgehead atoms. The van der Waals surface area contributed by atoms with E-state index in [0.29, 0.717) is 34.9 Å². The molecular weight excluding hydrogens is 438 g/mol. The van der Waals surface area contributed by atoms with Crippen molar-refractivity contribution in [2.75, 3.05) is 24.4 Å². The molecule has 2 atom stereocenters. The molecule has 0 saturated carbocycles. The van der Waals surface area contributed by atoms with Crippen LogP contribution < -0.4 is 19.7 Å². The molecule has 0 spiro atoms. The van der Waals surface area contributed by atoms with E-state index in [-0.39, 0.29) is 24.3 Å². The lowest BCUT2D eigenvalue weighted by Gasteiger charge is -2.33. The minimum Gasteiger partial charge on any atom is -0.493 e. The molecule has 1 heterocycles. The number of rotatable bonds is 8. The van der Waals surface area contributed by atoms with Crippen molar-refractivity contribution in [1.82, 2.24) is 4.90 Å². The van der Waals surface area contributed by atoms with Gasteiger partial charge < -0.3 is 19.7 Å². The van der Waals surface area contributed by atoms with Crippen LogP contribution in [0.1, 0.15) is 44.0 Å². The zero-order valence-electron chi connectivity index (χ0n) is 20.0. The van der Waals surface area contributed by atoms with Crippen LogP contribution in [0.5, 0.6) is 11.5 Å². The van der Waals surface area contributed by atoms with Crippen LogP contribution in [0, 0.1) is 0 Å². The van der Waals surface area contributed by atoms with Gasteiger partial charge in [0.1, 0.15) is 6.04 Å². The molecule has 180 valence electrons. The molecule has 2 unspecified atom stereocenters. The molecule has 0 radical (unpaired) electrons. The van der Waals surface area contributed by atoms with E-state index >= 15 is 0 Å². The maximum atomic E-state index is 13.6. The number of carbonyl (C=O) groups excluding carboxylic acids is 4. The Morgan fingerprint density at radius 3 is 2.29 bits per heavy atom. The minimum absolute atomic E-state index is 0.115. The lowest BCUT2D eigenvalue weighted by Crippen LogP contribution is -2.49. The van der Waals surface area contributed by atoms with Crippen molar-refractivity contribution in [2.24, 2.45) is 0 Å². The molecule has 1 aliphatic rings. The van der Waals surface area contributed by atoms with Gasteiger partial charge in [-0.15, -0.1) is 0 Å². The van der Waals surface area contributed by atoms with E-state index in [4.69, 9.17) is 9.47 Å². The van der Waals surface area contributed by atoms with Crippen LogP contribution in [0.4, 0.5) is 11.4 Å². The highest BCUT2D eigenvalue weighted by Crippen LogP contribution is 2.32. The van der Waals surface area contributed by atoms with Crippen LogP contribution in [-0.2, 0) is 14.4 Å². The monoisotopic (exact) mass is 467 g/mol. The summed E-state index contributed by atoms with van der Waals surface area (Å²) in [7, 11) is 2.98. The minimum atomic E-state index is -0.932. The summed E-state index contributed by atoms with van der Waals surface area (Å²) in [6.45, 7) is 5.16. The number of amides is 4. The van der Waals surface area contributed by atoms with Crippen LogP contribution in [0.3, 0.4) is 0 Å². The standard InChI is InChI=1S/C25H29N3O6/c1-6-15(2)27(24(31)17-7-12-21(33-4)22(13-17)34-5)20-14-23(30)28(25(20)32)19-10-8-18(9-11-19)26-16(3)29/h7-13,15,20H,6,14H2,1-5H3,(H,26,29). The second-order valence-electron chi connectivity index (χ2n) is 8.05. The summed E-state index contributed by atoms with van der Waals surface area (Å²) in [5.74, 6) is -0.576. The van der Waals surface area contributed by atoms with E-state index in [9.17, 15) is 19.2 Å². The SMILES string of the molecule is CCC(C)N(C(=O)c1ccc(OC)c(OC)c1)C1CC(=O)N(c2ccc(NC(C)=O)cc2)C1=O. The highest BCUT2D eigenvalue weighted by molar-refractivity contribution is 6.23.